The van der Waals surface area contributed by atoms with Crippen molar-refractivity contribution in [2.45, 2.75) is 13.3 Å². The van der Waals surface area contributed by atoms with Gasteiger partial charge < -0.3 is 9.84 Å². The molecular weight excluding hydrogens is 134 g/mol. The van der Waals surface area contributed by atoms with Crippen LogP contribution in [0.2, 0.25) is 0 Å². The molecule has 0 aromatic carbocycles. The zero-order valence-corrected chi connectivity index (χ0v) is 5.96. The fourth-order valence-corrected chi connectivity index (χ4v) is 0.410. The molecule has 0 saturated carbocycles. The molecule has 0 atom stereocenters. The molecule has 3 N–H and O–H groups in total. The molecule has 0 aliphatic rings. The van der Waals surface area contributed by atoms with Crippen LogP contribution >= 0.6 is 0 Å². The van der Waals surface area contributed by atoms with Gasteiger partial charge in [0.2, 0.25) is 6.23 Å². The Bertz CT molecular complexity index is 105. The number of Topliss-reactive ketones (excluding diaryl/α,β-unsaturated/α-hetero) is 1. The third-order valence-electron chi connectivity index (χ3n) is 0.945. The van der Waals surface area contributed by atoms with Crippen molar-refractivity contribution in [2.24, 2.45) is 5.73 Å². The average molecular weight is 146 g/mol. The van der Waals surface area contributed by atoms with Crippen LogP contribution in [0.15, 0.2) is 0 Å². The van der Waals surface area contributed by atoms with Gasteiger partial charge in [-0.15, -0.1) is 0 Å². The van der Waals surface area contributed by atoms with Crippen molar-refractivity contribution < 1.29 is 14.6 Å². The Hall–Kier alpha value is -0.450. The highest BCUT2D eigenvalue weighted by molar-refractivity contribution is 5.88. The molecule has 4 heteroatoms. The van der Waals surface area contributed by atoms with Gasteiger partial charge in [0, 0.05) is 6.42 Å². The molecule has 59 valence electrons. The third kappa shape index (κ3) is 3.55. The molecule has 0 aromatic rings. The number of hydrogen-bond acceptors (Lipinski definition) is 4. The first-order valence-corrected chi connectivity index (χ1v) is 3.11. The molecule has 0 bridgehead atoms. The van der Waals surface area contributed by atoms with Crippen LogP contribution in [0.1, 0.15) is 13.3 Å². The van der Waals surface area contributed by atoms with E-state index in [1.54, 1.807) is 6.92 Å². The molecule has 0 saturated heterocycles. The van der Waals surface area contributed by atoms with E-state index in [1.807, 2.05) is 0 Å². The molecule has 0 unspecified atom stereocenters. The number of carbonyl (C=O) groups excluding carboxylic acids is 1. The first-order valence-electron chi connectivity index (χ1n) is 3.11. The van der Waals surface area contributed by atoms with Crippen LogP contribution in [0.5, 0.6) is 0 Å². The second-order valence-electron chi connectivity index (χ2n) is 1.71. The summed E-state index contributed by atoms with van der Waals surface area (Å²) in [6.07, 6.45) is 0.216. The fraction of sp³-hybridized carbons (Fsp3) is 0.667. The van der Waals surface area contributed by atoms with Crippen LogP contribution in [0.25, 0.3) is 0 Å². The quantitative estimate of drug-likeness (QED) is 0.544. The maximum atomic E-state index is 10.6. The smallest absolute Gasteiger partial charge is 0.226 e. The molecule has 0 rings (SSSR count). The molecule has 10 heavy (non-hydrogen) atoms. The Morgan fingerprint density at radius 2 is 2.30 bits per heavy atom. The van der Waals surface area contributed by atoms with Gasteiger partial charge in [-0.2, -0.15) is 0 Å². The van der Waals surface area contributed by atoms with Crippen LogP contribution in [0, 0.1) is 6.23 Å². The molecule has 0 heterocycles. The van der Waals surface area contributed by atoms with Crippen LogP contribution in [0.4, 0.5) is 0 Å². The van der Waals surface area contributed by atoms with Crippen LogP contribution in [-0.2, 0) is 9.53 Å². The predicted molar refractivity (Wildman–Crippen MR) is 35.8 cm³/mol. The number of ketones is 1. The van der Waals surface area contributed by atoms with Gasteiger partial charge in [0.25, 0.3) is 0 Å². The maximum Gasteiger partial charge on any atom is 0.226 e. The van der Waals surface area contributed by atoms with Crippen LogP contribution in [-0.4, -0.2) is 24.1 Å². The van der Waals surface area contributed by atoms with E-state index >= 15 is 0 Å². The number of aliphatic hydroxyl groups is 1. The highest BCUT2D eigenvalue weighted by Crippen LogP contribution is 1.96. The molecule has 0 aromatic heterocycles. The summed E-state index contributed by atoms with van der Waals surface area (Å²) in [5.41, 5.74) is 5.15. The minimum absolute atomic E-state index is 0.0809. The van der Waals surface area contributed by atoms with Crippen LogP contribution < -0.4 is 5.73 Å². The van der Waals surface area contributed by atoms with Gasteiger partial charge in [-0.25, -0.2) is 0 Å². The van der Waals surface area contributed by atoms with Gasteiger partial charge >= 0.3 is 0 Å². The van der Waals surface area contributed by atoms with E-state index in [1.165, 1.54) is 0 Å². The fourth-order valence-electron chi connectivity index (χ4n) is 0.410. The monoisotopic (exact) mass is 146 g/mol. The van der Waals surface area contributed by atoms with Gasteiger partial charge in [0.05, 0.1) is 13.2 Å². The molecule has 0 spiro atoms. The molecule has 0 aliphatic carbocycles. The van der Waals surface area contributed by atoms with Crippen molar-refractivity contribution >= 4 is 5.78 Å². The molecule has 4 nitrogen and oxygen atoms in total. The lowest BCUT2D eigenvalue weighted by Gasteiger charge is -2.06. The largest absolute Gasteiger partial charge is 0.394 e. The normalized spacial score (nSPS) is 10.4. The van der Waals surface area contributed by atoms with E-state index in [4.69, 9.17) is 10.8 Å². The molecule has 1 radical (unpaired) electrons. The summed E-state index contributed by atoms with van der Waals surface area (Å²) in [5.74, 6) is -0.228. The van der Waals surface area contributed by atoms with Gasteiger partial charge in [0.15, 0.2) is 5.78 Å². The summed E-state index contributed by atoms with van der Waals surface area (Å²) in [6, 6.07) is 0. The van der Waals surface area contributed by atoms with E-state index in [2.05, 4.69) is 4.74 Å². The number of aliphatic hydroxyl groups excluding tert-OH is 1. The van der Waals surface area contributed by atoms with Gasteiger partial charge in [-0.05, 0) is 0 Å². The summed E-state index contributed by atoms with van der Waals surface area (Å²) in [4.78, 5) is 10.6. The zero-order chi connectivity index (χ0) is 7.98. The number of rotatable bonds is 5. The minimum Gasteiger partial charge on any atom is -0.394 e. The van der Waals surface area contributed by atoms with Crippen molar-refractivity contribution in [3.63, 3.8) is 0 Å². The summed E-state index contributed by atoms with van der Waals surface area (Å²) >= 11 is 0. The lowest BCUT2D eigenvalue weighted by atomic mass is 10.3. The lowest BCUT2D eigenvalue weighted by molar-refractivity contribution is -0.122. The number of carbonyl (C=O) groups is 1. The highest BCUT2D eigenvalue weighted by Gasteiger charge is 2.12. The van der Waals surface area contributed by atoms with Crippen molar-refractivity contribution in [3.8, 4) is 0 Å². The highest BCUT2D eigenvalue weighted by atomic mass is 16.5. The van der Waals surface area contributed by atoms with E-state index in [9.17, 15) is 4.79 Å². The van der Waals surface area contributed by atoms with E-state index in [0.717, 1.165) is 0 Å². The third-order valence-corrected chi connectivity index (χ3v) is 0.945. The zero-order valence-electron chi connectivity index (χ0n) is 5.96. The van der Waals surface area contributed by atoms with Gasteiger partial charge in [-0.1, -0.05) is 6.92 Å². The number of hydrogen-bond donors (Lipinski definition) is 2. The standard InChI is InChI=1S/C6H12NO3/c1-2-5(9)6(7)10-4-3-8/h8H,2-4,7H2,1H3. The summed E-state index contributed by atoms with van der Waals surface area (Å²) in [7, 11) is 0. The summed E-state index contributed by atoms with van der Waals surface area (Å²) in [5, 5.41) is 8.26. The Kier molecular flexibility index (Phi) is 5.10. The topological polar surface area (TPSA) is 72.6 Å². The maximum absolute atomic E-state index is 10.6. The summed E-state index contributed by atoms with van der Waals surface area (Å²) < 4.78 is 4.64. The first-order chi connectivity index (χ1) is 4.72. The SMILES string of the molecule is CCC(=O)[C](N)OCCO. The number of ether oxygens (including phenoxy) is 1. The molecule has 0 amide bonds. The second-order valence-corrected chi connectivity index (χ2v) is 1.71. The minimum atomic E-state index is -0.228. The van der Waals surface area contributed by atoms with Gasteiger partial charge in [0.1, 0.15) is 0 Å². The molecular formula is C6H12NO3. The molecule has 0 fully saturated rings. The van der Waals surface area contributed by atoms with E-state index in [0.29, 0.717) is 6.42 Å². The van der Waals surface area contributed by atoms with E-state index in [-0.39, 0.29) is 25.2 Å². The van der Waals surface area contributed by atoms with Gasteiger partial charge in [-0.3, -0.25) is 10.5 Å². The Morgan fingerprint density at radius 1 is 1.70 bits per heavy atom. The lowest BCUT2D eigenvalue weighted by Crippen LogP contribution is -2.24. The van der Waals surface area contributed by atoms with E-state index < -0.39 is 0 Å². The number of nitrogens with two attached hydrogens (primary N) is 1. The van der Waals surface area contributed by atoms with Crippen molar-refractivity contribution in [1.82, 2.24) is 0 Å². The Labute approximate surface area is 60.0 Å². The van der Waals surface area contributed by atoms with Crippen molar-refractivity contribution in [1.29, 1.82) is 0 Å². The van der Waals surface area contributed by atoms with Crippen molar-refractivity contribution in [3.05, 3.63) is 6.23 Å². The predicted octanol–water partition coefficient (Wildman–Crippen LogP) is -0.577. The average Bonchev–Trinajstić information content (AvgIpc) is 1.98. The molecule has 0 aliphatic heterocycles. The van der Waals surface area contributed by atoms with Crippen LogP contribution in [0.3, 0.4) is 0 Å². The Morgan fingerprint density at radius 3 is 2.70 bits per heavy atom. The second kappa shape index (κ2) is 5.34. The Balaban J connectivity index is 3.41. The van der Waals surface area contributed by atoms with Crippen molar-refractivity contribution in [2.75, 3.05) is 13.2 Å². The summed E-state index contributed by atoms with van der Waals surface area (Å²) in [6.45, 7) is 1.65. The first kappa shape index (κ1) is 9.55.